The van der Waals surface area contributed by atoms with E-state index < -0.39 is 0 Å². The quantitative estimate of drug-likeness (QED) is 0.752. The number of benzene rings is 1. The second-order valence-electron chi connectivity index (χ2n) is 6.88. The van der Waals surface area contributed by atoms with E-state index in [0.29, 0.717) is 41.3 Å². The van der Waals surface area contributed by atoms with Crippen LogP contribution in [-0.2, 0) is 6.61 Å². The summed E-state index contributed by atoms with van der Waals surface area (Å²) in [5, 5.41) is 0. The lowest BCUT2D eigenvalue weighted by Gasteiger charge is -2.27. The molecule has 1 amide bonds. The Kier molecular flexibility index (Phi) is 5.35. The van der Waals surface area contributed by atoms with Crippen molar-refractivity contribution >= 4 is 5.91 Å². The minimum Gasteiger partial charge on any atom is -0.484 e. The van der Waals surface area contributed by atoms with Crippen LogP contribution >= 0.6 is 0 Å². The van der Waals surface area contributed by atoms with Crippen LogP contribution in [-0.4, -0.2) is 35.2 Å². The Morgan fingerprint density at radius 1 is 1.23 bits per heavy atom. The van der Waals surface area contributed by atoms with Crippen LogP contribution in [0.25, 0.3) is 0 Å². The third-order valence-electron chi connectivity index (χ3n) is 3.92. The fourth-order valence-electron chi connectivity index (χ4n) is 2.66. The number of oxazole rings is 1. The predicted molar refractivity (Wildman–Crippen MR) is 94.4 cm³/mol. The Balaban J connectivity index is 1.63. The van der Waals surface area contributed by atoms with Crippen molar-refractivity contribution in [2.75, 3.05) is 13.3 Å². The van der Waals surface area contributed by atoms with Gasteiger partial charge in [0.2, 0.25) is 12.7 Å². The number of carbonyl (C=O) groups is 1. The minimum atomic E-state index is -0.133. The van der Waals surface area contributed by atoms with E-state index >= 15 is 0 Å². The first-order valence-corrected chi connectivity index (χ1v) is 8.72. The normalized spacial score (nSPS) is 12.7. The van der Waals surface area contributed by atoms with E-state index in [4.69, 9.17) is 18.6 Å². The Morgan fingerprint density at radius 3 is 2.73 bits per heavy atom. The summed E-state index contributed by atoms with van der Waals surface area (Å²) >= 11 is 0. The first-order valence-electron chi connectivity index (χ1n) is 8.72. The number of hydrogen-bond donors (Lipinski definition) is 0. The van der Waals surface area contributed by atoms with E-state index in [0.717, 1.165) is 0 Å². The molecule has 0 aliphatic carbocycles. The molecule has 0 bridgehead atoms. The summed E-state index contributed by atoms with van der Waals surface area (Å²) in [5.41, 5.74) is 0.295. The second kappa shape index (κ2) is 7.68. The van der Waals surface area contributed by atoms with Gasteiger partial charge in [0.1, 0.15) is 12.0 Å². The molecule has 0 spiro atoms. The van der Waals surface area contributed by atoms with Crippen molar-refractivity contribution in [3.05, 3.63) is 36.0 Å². The highest BCUT2D eigenvalue weighted by Crippen LogP contribution is 2.35. The highest BCUT2D eigenvalue weighted by Gasteiger charge is 2.23. The number of aromatic nitrogens is 1. The maximum absolute atomic E-state index is 12.7. The van der Waals surface area contributed by atoms with Gasteiger partial charge in [-0.15, -0.1) is 0 Å². The molecule has 0 N–H and O–H groups in total. The average Bonchev–Trinajstić information content (AvgIpc) is 3.25. The van der Waals surface area contributed by atoms with Gasteiger partial charge in [0.15, 0.2) is 23.8 Å². The van der Waals surface area contributed by atoms with Gasteiger partial charge in [-0.1, -0.05) is 13.8 Å². The molecule has 1 aliphatic rings. The molecule has 2 heterocycles. The van der Waals surface area contributed by atoms with Crippen LogP contribution in [0.4, 0.5) is 0 Å². The van der Waals surface area contributed by atoms with E-state index in [1.54, 1.807) is 23.1 Å². The lowest BCUT2D eigenvalue weighted by Crippen LogP contribution is -2.39. The van der Waals surface area contributed by atoms with Crippen molar-refractivity contribution in [2.45, 2.75) is 40.3 Å². The molecule has 7 nitrogen and oxygen atoms in total. The first kappa shape index (κ1) is 18.1. The van der Waals surface area contributed by atoms with Crippen LogP contribution in [0.15, 0.2) is 28.9 Å². The summed E-state index contributed by atoms with van der Waals surface area (Å²) in [4.78, 5) is 18.7. The zero-order valence-electron chi connectivity index (χ0n) is 15.5. The van der Waals surface area contributed by atoms with Crippen molar-refractivity contribution in [1.82, 2.24) is 9.88 Å². The van der Waals surface area contributed by atoms with Gasteiger partial charge in [-0.05, 0) is 31.9 Å². The monoisotopic (exact) mass is 360 g/mol. The molecule has 0 fully saturated rings. The third kappa shape index (κ3) is 4.09. The minimum absolute atomic E-state index is 0.0925. The molecule has 2 aromatic rings. The van der Waals surface area contributed by atoms with Gasteiger partial charge in [0.05, 0.1) is 0 Å². The Hall–Kier alpha value is -2.70. The number of amides is 1. The average molecular weight is 360 g/mol. The standard InChI is InChI=1S/C19H24N2O5/c1-12(2)8-21(13(3)4)19(22)15-9-24-18(20-15)10-23-14-5-6-16-17(7-14)26-11-25-16/h5-7,9,12-13H,8,10-11H2,1-4H3. The molecule has 0 saturated carbocycles. The van der Waals surface area contributed by atoms with E-state index in [1.165, 1.54) is 6.26 Å². The topological polar surface area (TPSA) is 74.0 Å². The maximum Gasteiger partial charge on any atom is 0.276 e. The van der Waals surface area contributed by atoms with Crippen LogP contribution in [0.3, 0.4) is 0 Å². The molecule has 1 aromatic heterocycles. The summed E-state index contributed by atoms with van der Waals surface area (Å²) in [6.45, 7) is 9.15. The Bertz CT molecular complexity index is 769. The molecular formula is C19H24N2O5. The second-order valence-corrected chi connectivity index (χ2v) is 6.88. The summed E-state index contributed by atoms with van der Waals surface area (Å²) in [6.07, 6.45) is 1.39. The summed E-state index contributed by atoms with van der Waals surface area (Å²) < 4.78 is 21.6. The molecular weight excluding hydrogens is 336 g/mol. The fraction of sp³-hybridized carbons (Fsp3) is 0.474. The number of carbonyl (C=O) groups excluding carboxylic acids is 1. The highest BCUT2D eigenvalue weighted by molar-refractivity contribution is 5.92. The first-order chi connectivity index (χ1) is 12.4. The van der Waals surface area contributed by atoms with E-state index in [9.17, 15) is 4.79 Å². The molecule has 1 aliphatic heterocycles. The van der Waals surface area contributed by atoms with Gasteiger partial charge in [-0.25, -0.2) is 4.98 Å². The predicted octanol–water partition coefficient (Wildman–Crippen LogP) is 3.49. The SMILES string of the molecule is CC(C)CN(C(=O)c1coc(COc2ccc3c(c2)OCO3)n1)C(C)C. The zero-order chi connectivity index (χ0) is 18.7. The van der Waals surface area contributed by atoms with Gasteiger partial charge < -0.3 is 23.5 Å². The van der Waals surface area contributed by atoms with Gasteiger partial charge in [-0.3, -0.25) is 4.79 Å². The van der Waals surface area contributed by atoms with Crippen LogP contribution in [0.1, 0.15) is 44.1 Å². The summed E-state index contributed by atoms with van der Waals surface area (Å²) in [6, 6.07) is 5.41. The summed E-state index contributed by atoms with van der Waals surface area (Å²) in [5.74, 6) is 2.55. The van der Waals surface area contributed by atoms with Crippen LogP contribution in [0.2, 0.25) is 0 Å². The number of rotatable bonds is 7. The lowest BCUT2D eigenvalue weighted by atomic mass is 10.1. The zero-order valence-corrected chi connectivity index (χ0v) is 15.5. The number of nitrogens with zero attached hydrogens (tertiary/aromatic N) is 2. The maximum atomic E-state index is 12.7. The highest BCUT2D eigenvalue weighted by atomic mass is 16.7. The number of hydrogen-bond acceptors (Lipinski definition) is 6. The van der Waals surface area contributed by atoms with E-state index in [2.05, 4.69) is 18.8 Å². The molecule has 26 heavy (non-hydrogen) atoms. The van der Waals surface area contributed by atoms with Crippen molar-refractivity contribution in [3.8, 4) is 17.2 Å². The van der Waals surface area contributed by atoms with E-state index in [-0.39, 0.29) is 25.3 Å². The molecule has 0 unspecified atom stereocenters. The Morgan fingerprint density at radius 2 is 2.00 bits per heavy atom. The van der Waals surface area contributed by atoms with Crippen LogP contribution in [0, 0.1) is 5.92 Å². The van der Waals surface area contributed by atoms with Crippen LogP contribution < -0.4 is 14.2 Å². The molecule has 0 atom stereocenters. The Labute approximate surface area is 152 Å². The fourth-order valence-corrected chi connectivity index (χ4v) is 2.66. The molecule has 0 saturated heterocycles. The molecule has 1 aromatic carbocycles. The van der Waals surface area contributed by atoms with Gasteiger partial charge >= 0.3 is 0 Å². The van der Waals surface area contributed by atoms with Gasteiger partial charge in [-0.2, -0.15) is 0 Å². The largest absolute Gasteiger partial charge is 0.484 e. The molecule has 3 rings (SSSR count). The molecule has 0 radical (unpaired) electrons. The molecule has 140 valence electrons. The third-order valence-corrected chi connectivity index (χ3v) is 3.92. The summed E-state index contributed by atoms with van der Waals surface area (Å²) in [7, 11) is 0. The van der Waals surface area contributed by atoms with Crippen molar-refractivity contribution < 1.29 is 23.4 Å². The smallest absolute Gasteiger partial charge is 0.276 e. The van der Waals surface area contributed by atoms with Crippen molar-refractivity contribution in [2.24, 2.45) is 5.92 Å². The number of ether oxygens (including phenoxy) is 3. The van der Waals surface area contributed by atoms with Gasteiger partial charge in [0.25, 0.3) is 5.91 Å². The van der Waals surface area contributed by atoms with Gasteiger partial charge in [0, 0.05) is 18.7 Å². The molecule has 7 heteroatoms. The van der Waals surface area contributed by atoms with E-state index in [1.807, 2.05) is 13.8 Å². The van der Waals surface area contributed by atoms with Crippen molar-refractivity contribution in [3.63, 3.8) is 0 Å². The van der Waals surface area contributed by atoms with Crippen molar-refractivity contribution in [1.29, 1.82) is 0 Å². The van der Waals surface area contributed by atoms with Crippen LogP contribution in [0.5, 0.6) is 17.2 Å². The number of fused-ring (bicyclic) bond motifs is 1. The lowest BCUT2D eigenvalue weighted by molar-refractivity contribution is 0.0675.